The molecule has 0 spiro atoms. The fourth-order valence-electron chi connectivity index (χ4n) is 2.91. The Kier molecular flexibility index (Phi) is 11.3. The van der Waals surface area contributed by atoms with E-state index >= 15 is 0 Å². The van der Waals surface area contributed by atoms with Gasteiger partial charge in [-0.15, -0.1) is 0 Å². The maximum absolute atomic E-state index is 12.8. The first-order valence-electron chi connectivity index (χ1n) is 11.1. The first-order valence-corrected chi connectivity index (χ1v) is 11.1. The number of aliphatic carboxylic acids is 1. The van der Waals surface area contributed by atoms with Crippen molar-refractivity contribution in [2.75, 3.05) is 13.7 Å². The van der Waals surface area contributed by atoms with Crippen LogP contribution in [-0.4, -0.2) is 60.4 Å². The number of carboxylic acids is 1. The molecular weight excluding hydrogens is 444 g/mol. The summed E-state index contributed by atoms with van der Waals surface area (Å²) in [7, 11) is 1.54. The average Bonchev–Trinajstić information content (AvgIpc) is 2.71. The van der Waals surface area contributed by atoms with Crippen molar-refractivity contribution in [3.05, 3.63) is 29.8 Å². The van der Waals surface area contributed by atoms with Crippen molar-refractivity contribution in [3.8, 4) is 5.75 Å². The van der Waals surface area contributed by atoms with Crippen LogP contribution in [0.2, 0.25) is 0 Å². The van der Waals surface area contributed by atoms with E-state index in [9.17, 15) is 24.3 Å². The molecule has 3 N–H and O–H groups in total. The molecule has 0 unspecified atom stereocenters. The molecule has 0 radical (unpaired) electrons. The molecule has 1 aromatic rings. The number of nitrogens with one attached hydrogen (secondary N) is 2. The smallest absolute Gasteiger partial charge is 0.408 e. The molecule has 0 aromatic heterocycles. The van der Waals surface area contributed by atoms with E-state index in [4.69, 9.17) is 14.2 Å². The van der Waals surface area contributed by atoms with Crippen molar-refractivity contribution in [2.24, 2.45) is 5.92 Å². The Bertz CT molecular complexity index is 830. The van der Waals surface area contributed by atoms with Gasteiger partial charge in [-0.3, -0.25) is 9.59 Å². The lowest BCUT2D eigenvalue weighted by molar-refractivity contribution is -0.165. The van der Waals surface area contributed by atoms with Gasteiger partial charge in [0.15, 0.2) is 6.10 Å². The van der Waals surface area contributed by atoms with Gasteiger partial charge in [0.1, 0.15) is 17.4 Å². The van der Waals surface area contributed by atoms with E-state index in [2.05, 4.69) is 10.6 Å². The van der Waals surface area contributed by atoms with Gasteiger partial charge in [-0.2, -0.15) is 0 Å². The Morgan fingerprint density at radius 2 is 1.68 bits per heavy atom. The van der Waals surface area contributed by atoms with Crippen LogP contribution < -0.4 is 15.4 Å². The monoisotopic (exact) mass is 480 g/mol. The van der Waals surface area contributed by atoms with Crippen LogP contribution in [0.25, 0.3) is 0 Å². The van der Waals surface area contributed by atoms with Crippen LogP contribution in [0, 0.1) is 5.92 Å². The standard InChI is InChI=1S/C24H36N2O8/c1-15(2)13-19(22(29)30)33-20(27)11-12-25-21(28)18(26-23(31)34-24(3,4)5)14-16-7-9-17(32-6)10-8-16/h7-10,15,18-19H,11-14H2,1-6H3,(H,25,28)(H,26,31)(H,29,30)/t18-,19-/m0/s1. The highest BCUT2D eigenvalue weighted by Crippen LogP contribution is 2.14. The summed E-state index contributed by atoms with van der Waals surface area (Å²) in [4.78, 5) is 48.3. The number of methoxy groups -OCH3 is 1. The number of ether oxygens (including phenoxy) is 3. The molecule has 10 heteroatoms. The minimum absolute atomic E-state index is 0.0336. The SMILES string of the molecule is COc1ccc(C[C@H](NC(=O)OC(C)(C)C)C(=O)NCCC(=O)O[C@@H](CC(C)C)C(=O)O)cc1. The number of carboxylic acid groups (broad SMARTS) is 1. The Morgan fingerprint density at radius 1 is 1.06 bits per heavy atom. The molecule has 2 amide bonds. The predicted octanol–water partition coefficient (Wildman–Crippen LogP) is 2.68. The van der Waals surface area contributed by atoms with Gasteiger partial charge in [-0.1, -0.05) is 26.0 Å². The van der Waals surface area contributed by atoms with Crippen LogP contribution in [0.15, 0.2) is 24.3 Å². The van der Waals surface area contributed by atoms with E-state index in [0.29, 0.717) is 5.75 Å². The molecule has 0 saturated heterocycles. The van der Waals surface area contributed by atoms with Gasteiger partial charge in [0.25, 0.3) is 0 Å². The Morgan fingerprint density at radius 3 is 2.18 bits per heavy atom. The highest BCUT2D eigenvalue weighted by atomic mass is 16.6. The Labute approximate surface area is 200 Å². The number of esters is 1. The summed E-state index contributed by atoms with van der Waals surface area (Å²) in [5.41, 5.74) is 0.0282. The van der Waals surface area contributed by atoms with E-state index in [1.807, 2.05) is 13.8 Å². The number of hydrogen-bond acceptors (Lipinski definition) is 7. The number of carbonyl (C=O) groups is 4. The topological polar surface area (TPSA) is 140 Å². The third-order valence-corrected chi connectivity index (χ3v) is 4.47. The van der Waals surface area contributed by atoms with Crippen LogP contribution in [0.5, 0.6) is 5.75 Å². The van der Waals surface area contributed by atoms with Gasteiger partial charge in [0, 0.05) is 13.0 Å². The quantitative estimate of drug-likeness (QED) is 0.388. The number of hydrogen-bond donors (Lipinski definition) is 3. The summed E-state index contributed by atoms with van der Waals surface area (Å²) in [6.07, 6.45) is -1.83. The summed E-state index contributed by atoms with van der Waals surface area (Å²) in [5.74, 6) is -1.79. The Balaban J connectivity index is 2.75. The summed E-state index contributed by atoms with van der Waals surface area (Å²) >= 11 is 0. The second-order valence-electron chi connectivity index (χ2n) is 9.24. The molecule has 0 aliphatic carbocycles. The zero-order valence-electron chi connectivity index (χ0n) is 20.7. The molecule has 0 heterocycles. The first-order chi connectivity index (χ1) is 15.8. The highest BCUT2D eigenvalue weighted by Gasteiger charge is 2.26. The van der Waals surface area contributed by atoms with Gasteiger partial charge < -0.3 is 30.0 Å². The lowest BCUT2D eigenvalue weighted by atomic mass is 10.0. The van der Waals surface area contributed by atoms with E-state index in [1.165, 1.54) is 0 Å². The van der Waals surface area contributed by atoms with Crippen molar-refractivity contribution in [1.29, 1.82) is 0 Å². The molecular formula is C24H36N2O8. The van der Waals surface area contributed by atoms with Gasteiger partial charge >= 0.3 is 18.0 Å². The van der Waals surface area contributed by atoms with E-state index < -0.39 is 41.7 Å². The van der Waals surface area contributed by atoms with E-state index in [1.54, 1.807) is 52.1 Å². The van der Waals surface area contributed by atoms with E-state index in [0.717, 1.165) is 5.56 Å². The third-order valence-electron chi connectivity index (χ3n) is 4.47. The fourth-order valence-corrected chi connectivity index (χ4v) is 2.91. The number of rotatable bonds is 12. The fraction of sp³-hybridized carbons (Fsp3) is 0.583. The second kappa shape index (κ2) is 13.4. The summed E-state index contributed by atoms with van der Waals surface area (Å²) in [6.45, 7) is 8.69. The molecule has 2 atom stereocenters. The molecule has 10 nitrogen and oxygen atoms in total. The molecule has 0 fully saturated rings. The Hall–Kier alpha value is -3.30. The molecule has 0 aliphatic rings. The van der Waals surface area contributed by atoms with Gasteiger partial charge in [0.2, 0.25) is 5.91 Å². The number of alkyl carbamates (subject to hydrolysis) is 1. The average molecular weight is 481 g/mol. The second-order valence-corrected chi connectivity index (χ2v) is 9.24. The van der Waals surface area contributed by atoms with Crippen LogP contribution in [0.4, 0.5) is 4.79 Å². The molecule has 1 rings (SSSR count). The van der Waals surface area contributed by atoms with E-state index in [-0.39, 0.29) is 31.7 Å². The van der Waals surface area contributed by atoms with Crippen molar-refractivity contribution in [3.63, 3.8) is 0 Å². The molecule has 0 saturated carbocycles. The maximum Gasteiger partial charge on any atom is 0.408 e. The maximum atomic E-state index is 12.8. The van der Waals surface area contributed by atoms with Crippen LogP contribution in [0.3, 0.4) is 0 Å². The van der Waals surface area contributed by atoms with Gasteiger partial charge in [0.05, 0.1) is 13.5 Å². The molecule has 190 valence electrons. The zero-order valence-corrected chi connectivity index (χ0v) is 20.7. The number of carbonyl (C=O) groups excluding carboxylic acids is 3. The van der Waals surface area contributed by atoms with Crippen molar-refractivity contribution in [2.45, 2.75) is 71.6 Å². The van der Waals surface area contributed by atoms with Gasteiger partial charge in [-0.05, 0) is 50.8 Å². The summed E-state index contributed by atoms with van der Waals surface area (Å²) in [6, 6.07) is 6.06. The van der Waals surface area contributed by atoms with Crippen LogP contribution in [-0.2, 0) is 30.3 Å². The minimum Gasteiger partial charge on any atom is -0.497 e. The summed E-state index contributed by atoms with van der Waals surface area (Å²) in [5, 5.41) is 14.3. The third kappa shape index (κ3) is 11.5. The predicted molar refractivity (Wildman–Crippen MR) is 124 cm³/mol. The molecule has 0 aliphatic heterocycles. The number of amides is 2. The highest BCUT2D eigenvalue weighted by molar-refractivity contribution is 5.86. The van der Waals surface area contributed by atoms with Crippen LogP contribution in [0.1, 0.15) is 53.0 Å². The van der Waals surface area contributed by atoms with Crippen molar-refractivity contribution in [1.82, 2.24) is 10.6 Å². The number of benzene rings is 1. The first kappa shape index (κ1) is 28.7. The van der Waals surface area contributed by atoms with Crippen molar-refractivity contribution < 1.29 is 38.5 Å². The lowest BCUT2D eigenvalue weighted by Gasteiger charge is -2.23. The molecule has 0 bridgehead atoms. The van der Waals surface area contributed by atoms with Gasteiger partial charge in [-0.25, -0.2) is 9.59 Å². The normalized spacial score (nSPS) is 12.9. The summed E-state index contributed by atoms with van der Waals surface area (Å²) < 4.78 is 15.4. The molecule has 1 aromatic carbocycles. The van der Waals surface area contributed by atoms with Crippen LogP contribution >= 0.6 is 0 Å². The largest absolute Gasteiger partial charge is 0.497 e. The molecule has 34 heavy (non-hydrogen) atoms. The minimum atomic E-state index is -1.24. The zero-order chi connectivity index (χ0) is 25.9. The lowest BCUT2D eigenvalue weighted by Crippen LogP contribution is -2.49. The van der Waals surface area contributed by atoms with Crippen molar-refractivity contribution >= 4 is 23.9 Å².